The number of rotatable bonds is 20. The Labute approximate surface area is 239 Å². The van der Waals surface area contributed by atoms with Gasteiger partial charge in [0.1, 0.15) is 0 Å². The second kappa shape index (κ2) is 20.7. The van der Waals surface area contributed by atoms with Gasteiger partial charge in [0.25, 0.3) is 0 Å². The second-order valence-corrected chi connectivity index (χ2v) is 19.7. The zero-order chi connectivity index (χ0) is 27.4. The number of unbranched alkanes of at least 4 members (excludes halogenated alkanes) is 14. The van der Waals surface area contributed by atoms with Crippen LogP contribution in [-0.4, -0.2) is 16.8 Å². The van der Waals surface area contributed by atoms with Crippen molar-refractivity contribution in [3.63, 3.8) is 0 Å². The molecule has 0 saturated heterocycles. The average Bonchev–Trinajstić information content (AvgIpc) is 2.96. The summed E-state index contributed by atoms with van der Waals surface area (Å²) in [6.07, 6.45) is 31.0. The lowest BCUT2D eigenvalue weighted by atomic mass is 10.0. The van der Waals surface area contributed by atoms with Crippen LogP contribution in [0.3, 0.4) is 0 Å². The van der Waals surface area contributed by atoms with Crippen LogP contribution in [0.1, 0.15) is 181 Å². The van der Waals surface area contributed by atoms with Crippen LogP contribution in [-0.2, 0) is 0 Å². The molecule has 2 atom stereocenters. The summed E-state index contributed by atoms with van der Waals surface area (Å²) in [6, 6.07) is 1.35. The van der Waals surface area contributed by atoms with Crippen LogP contribution in [0.25, 0.3) is 0 Å². The Morgan fingerprint density at radius 3 is 1.05 bits per heavy atom. The van der Waals surface area contributed by atoms with Gasteiger partial charge >= 0.3 is 16.8 Å². The Kier molecular flexibility index (Phi) is 18.5. The van der Waals surface area contributed by atoms with Crippen molar-refractivity contribution in [2.45, 2.75) is 204 Å². The van der Waals surface area contributed by atoms with Crippen molar-refractivity contribution in [3.05, 3.63) is 0 Å². The maximum atomic E-state index is 16.9. The molecule has 0 spiro atoms. The Morgan fingerprint density at radius 2 is 0.737 bits per heavy atom. The van der Waals surface area contributed by atoms with E-state index in [-0.39, 0.29) is 11.1 Å². The van der Waals surface area contributed by atoms with E-state index in [0.29, 0.717) is 12.1 Å². The molecule has 0 heterocycles. The predicted molar refractivity (Wildman–Crippen MR) is 170 cm³/mol. The molecule has 0 N–H and O–H groups in total. The summed E-state index contributed by atoms with van der Waals surface area (Å²) in [5, 5.41) is 0. The first-order valence-electron chi connectivity index (χ1n) is 17.5. The fourth-order valence-electron chi connectivity index (χ4n) is 7.10. The van der Waals surface area contributed by atoms with Gasteiger partial charge in [-0.2, -0.15) is 0 Å². The Balaban J connectivity index is 1.99. The van der Waals surface area contributed by atoms with E-state index in [9.17, 15) is 0 Å². The van der Waals surface area contributed by atoms with Gasteiger partial charge in [-0.05, 0) is 48.9 Å². The quantitative estimate of drug-likeness (QED) is 0.0595. The maximum Gasteiger partial charge on any atom is 0.325 e. The monoisotopic (exact) mass is 566 g/mol. The van der Waals surface area contributed by atoms with Gasteiger partial charge in [0.15, 0.2) is 0 Å². The molecule has 0 aromatic rings. The molecule has 0 aromatic carbocycles. The maximum absolute atomic E-state index is 16.9. The average molecular weight is 567 g/mol. The fraction of sp³-hybridized carbons (Fsp3) is 0.941. The minimum absolute atomic E-state index is 0.168. The van der Waals surface area contributed by atoms with E-state index >= 15 is 8.22 Å². The number of halogens is 2. The second-order valence-electron chi connectivity index (χ2n) is 13.1. The van der Waals surface area contributed by atoms with Gasteiger partial charge in [0.2, 0.25) is 0 Å². The molecule has 0 radical (unpaired) electrons. The van der Waals surface area contributed by atoms with Crippen molar-refractivity contribution in [2.24, 2.45) is 0 Å². The molecule has 0 nitrogen and oxygen atoms in total. The molecule has 4 heteroatoms. The minimum atomic E-state index is -3.24. The molecule has 0 aliphatic heterocycles. The van der Waals surface area contributed by atoms with E-state index in [2.05, 4.69) is 24.9 Å². The lowest BCUT2D eigenvalue weighted by molar-refractivity contribution is 0.470. The van der Waals surface area contributed by atoms with Crippen molar-refractivity contribution >= 4 is 16.8 Å². The van der Waals surface area contributed by atoms with Crippen molar-refractivity contribution in [3.8, 4) is 11.1 Å². The van der Waals surface area contributed by atoms with Crippen LogP contribution in [0, 0.1) is 11.1 Å². The van der Waals surface area contributed by atoms with E-state index in [1.807, 2.05) is 0 Å². The molecule has 222 valence electrons. The lowest BCUT2D eigenvalue weighted by Gasteiger charge is -2.32. The van der Waals surface area contributed by atoms with Gasteiger partial charge in [0.05, 0.1) is 0 Å². The van der Waals surface area contributed by atoms with Gasteiger partial charge in [0, 0.05) is 0 Å². The standard InChI is InChI=1S/C34H64F2Si2/c1-3-5-7-9-11-13-15-23-29-37(35,33-25-19-17-20-26-33)31-32-38(36,34-27-21-18-22-28-34)30-24-16-14-12-10-8-6-4-2/h33-34H,3-30H2,1-2H3. The highest BCUT2D eigenvalue weighted by molar-refractivity contribution is 6.87. The Hall–Kier alpha value is -0.146. The highest BCUT2D eigenvalue weighted by atomic mass is 28.4. The van der Waals surface area contributed by atoms with Crippen molar-refractivity contribution < 1.29 is 8.22 Å². The molecule has 2 unspecified atom stereocenters. The van der Waals surface area contributed by atoms with Crippen molar-refractivity contribution in [1.82, 2.24) is 0 Å². The van der Waals surface area contributed by atoms with Crippen LogP contribution in [0.4, 0.5) is 8.22 Å². The normalized spacial score (nSPS) is 20.4. The predicted octanol–water partition coefficient (Wildman–Crippen LogP) is 12.8. The first-order chi connectivity index (χ1) is 18.5. The van der Waals surface area contributed by atoms with E-state index in [4.69, 9.17) is 0 Å². The molecule has 2 saturated carbocycles. The molecule has 0 bridgehead atoms. The van der Waals surface area contributed by atoms with Gasteiger partial charge in [-0.1, -0.05) is 166 Å². The molecule has 2 fully saturated rings. The van der Waals surface area contributed by atoms with Gasteiger partial charge in [-0.15, -0.1) is 0 Å². The summed E-state index contributed by atoms with van der Waals surface area (Å²) in [5.74, 6) is 0. The van der Waals surface area contributed by atoms with Crippen molar-refractivity contribution in [2.75, 3.05) is 0 Å². The van der Waals surface area contributed by atoms with Crippen LogP contribution >= 0.6 is 0 Å². The Bertz CT molecular complexity index is 580. The molecule has 2 aliphatic rings. The third kappa shape index (κ3) is 13.5. The highest BCUT2D eigenvalue weighted by Crippen LogP contribution is 2.43. The van der Waals surface area contributed by atoms with Crippen LogP contribution in [0.5, 0.6) is 0 Å². The topological polar surface area (TPSA) is 0 Å². The van der Waals surface area contributed by atoms with Crippen LogP contribution in [0.2, 0.25) is 23.2 Å². The van der Waals surface area contributed by atoms with Crippen molar-refractivity contribution in [1.29, 1.82) is 0 Å². The summed E-state index contributed by atoms with van der Waals surface area (Å²) >= 11 is 0. The third-order valence-corrected chi connectivity index (χ3v) is 17.0. The molecule has 38 heavy (non-hydrogen) atoms. The molecule has 0 amide bonds. The summed E-state index contributed by atoms with van der Waals surface area (Å²) in [7, 11) is -6.49. The third-order valence-electron chi connectivity index (χ3n) is 9.77. The number of hydrogen-bond acceptors (Lipinski definition) is 0. The van der Waals surface area contributed by atoms with E-state index in [1.54, 1.807) is 0 Å². The fourth-order valence-corrected chi connectivity index (χ4v) is 14.4. The highest BCUT2D eigenvalue weighted by Gasteiger charge is 2.45. The Morgan fingerprint density at radius 1 is 0.447 bits per heavy atom. The lowest BCUT2D eigenvalue weighted by Crippen LogP contribution is -2.39. The zero-order valence-corrected chi connectivity index (χ0v) is 27.7. The molecule has 0 aromatic heterocycles. The van der Waals surface area contributed by atoms with Gasteiger partial charge in [-0.3, -0.25) is 8.22 Å². The summed E-state index contributed by atoms with van der Waals surface area (Å²) in [4.78, 5) is 0. The van der Waals surface area contributed by atoms with Crippen LogP contribution in [0.15, 0.2) is 0 Å². The summed E-state index contributed by atoms with van der Waals surface area (Å²) in [6.45, 7) is 4.52. The SMILES string of the molecule is CCCCCCCCCC[Si](F)(C#C[Si](F)(CCCCCCCCCC)C1CCCCC1)C1CCCCC1. The zero-order valence-electron chi connectivity index (χ0n) is 25.7. The largest absolute Gasteiger partial charge is 0.325 e. The summed E-state index contributed by atoms with van der Waals surface area (Å²) < 4.78 is 33.7. The molecule has 2 aliphatic carbocycles. The molecular weight excluding hydrogens is 503 g/mol. The first kappa shape index (κ1) is 34.1. The smallest absolute Gasteiger partial charge is 0.297 e. The first-order valence-corrected chi connectivity index (χ1v) is 21.8. The minimum Gasteiger partial charge on any atom is -0.297 e. The number of hydrogen-bond donors (Lipinski definition) is 0. The van der Waals surface area contributed by atoms with Crippen LogP contribution < -0.4 is 0 Å². The van der Waals surface area contributed by atoms with Gasteiger partial charge in [-0.25, -0.2) is 0 Å². The van der Waals surface area contributed by atoms with E-state index in [0.717, 1.165) is 77.0 Å². The molecular formula is C34H64F2Si2. The molecule has 2 rings (SSSR count). The summed E-state index contributed by atoms with van der Waals surface area (Å²) in [5.41, 5.74) is 6.95. The van der Waals surface area contributed by atoms with E-state index < -0.39 is 16.8 Å². The van der Waals surface area contributed by atoms with Gasteiger partial charge < -0.3 is 0 Å². The van der Waals surface area contributed by atoms with E-state index in [1.165, 1.54) is 89.9 Å².